The molecule has 6 aliphatic rings. The monoisotopic (exact) mass is 662 g/mol. The summed E-state index contributed by atoms with van der Waals surface area (Å²) in [5, 5.41) is 13.0. The fourth-order valence-corrected chi connectivity index (χ4v) is 13.5. The number of amides is 1. The van der Waals surface area contributed by atoms with Crippen molar-refractivity contribution in [2.24, 2.45) is 51.2 Å². The lowest BCUT2D eigenvalue weighted by Crippen LogP contribution is -2.69. The number of likely N-dealkylation sites (tertiary alicyclic amines) is 1. The Balaban J connectivity index is 1.18. The predicted molar refractivity (Wildman–Crippen MR) is 186 cm³/mol. The van der Waals surface area contributed by atoms with Crippen LogP contribution in [0.3, 0.4) is 0 Å². The molecule has 4 saturated carbocycles. The van der Waals surface area contributed by atoms with Gasteiger partial charge >= 0.3 is 5.97 Å². The van der Waals surface area contributed by atoms with Crippen LogP contribution >= 0.6 is 0 Å². The molecule has 0 radical (unpaired) electrons. The van der Waals surface area contributed by atoms with Crippen LogP contribution < -0.4 is 5.32 Å². The van der Waals surface area contributed by atoms with E-state index in [1.165, 1.54) is 30.4 Å². The Morgan fingerprint density at radius 1 is 0.917 bits per heavy atom. The van der Waals surface area contributed by atoms with E-state index in [2.05, 4.69) is 59.5 Å². The van der Waals surface area contributed by atoms with Gasteiger partial charge in [0, 0.05) is 5.54 Å². The van der Waals surface area contributed by atoms with Crippen molar-refractivity contribution in [1.82, 2.24) is 10.2 Å². The first kappa shape index (κ1) is 33.9. The number of alkyl halides is 2. The van der Waals surface area contributed by atoms with Crippen LogP contribution in [0.2, 0.25) is 0 Å². The summed E-state index contributed by atoms with van der Waals surface area (Å²) in [7, 11) is 0. The van der Waals surface area contributed by atoms with E-state index in [9.17, 15) is 23.5 Å². The van der Waals surface area contributed by atoms with Gasteiger partial charge in [0.2, 0.25) is 5.91 Å². The van der Waals surface area contributed by atoms with E-state index in [1.54, 1.807) is 17.0 Å². The second-order valence-electron chi connectivity index (χ2n) is 18.3. The van der Waals surface area contributed by atoms with Crippen LogP contribution in [0.1, 0.15) is 115 Å². The summed E-state index contributed by atoms with van der Waals surface area (Å²) in [5.74, 6) is -1.41. The number of allylic oxidation sites excluding steroid dienone is 3. The maximum atomic E-state index is 13.6. The topological polar surface area (TPSA) is 69.6 Å². The van der Waals surface area contributed by atoms with E-state index in [4.69, 9.17) is 0 Å². The molecule has 5 nitrogen and oxygen atoms in total. The van der Waals surface area contributed by atoms with E-state index in [0.29, 0.717) is 35.2 Å². The Morgan fingerprint density at radius 3 is 2.23 bits per heavy atom. The van der Waals surface area contributed by atoms with Crippen LogP contribution in [-0.2, 0) is 4.79 Å². The second kappa shape index (κ2) is 11.0. The zero-order chi connectivity index (χ0) is 34.7. The summed E-state index contributed by atoms with van der Waals surface area (Å²) >= 11 is 0. The fourth-order valence-electron chi connectivity index (χ4n) is 13.5. The molecule has 2 N–H and O–H groups in total. The summed E-state index contributed by atoms with van der Waals surface area (Å²) < 4.78 is 27.1. The molecule has 5 aliphatic carbocycles. The van der Waals surface area contributed by atoms with Gasteiger partial charge in [0.1, 0.15) is 0 Å². The number of rotatable bonds is 6. The molecule has 7 heteroatoms. The van der Waals surface area contributed by atoms with Crippen molar-refractivity contribution in [3.05, 3.63) is 53.6 Å². The molecule has 1 heterocycles. The normalized spacial score (nSPS) is 42.6. The number of benzene rings is 1. The lowest BCUT2D eigenvalue weighted by Gasteiger charge is -2.72. The van der Waals surface area contributed by atoms with Crippen molar-refractivity contribution < 1.29 is 23.5 Å². The number of fused-ring (bicyclic) bond motifs is 7. The van der Waals surface area contributed by atoms with Gasteiger partial charge in [-0.2, -0.15) is 0 Å². The van der Waals surface area contributed by atoms with Crippen LogP contribution in [0, 0.1) is 51.2 Å². The van der Waals surface area contributed by atoms with Crippen molar-refractivity contribution >= 4 is 17.4 Å². The van der Waals surface area contributed by atoms with Gasteiger partial charge in [0.25, 0.3) is 5.92 Å². The Morgan fingerprint density at radius 2 is 1.60 bits per heavy atom. The van der Waals surface area contributed by atoms with Crippen LogP contribution in [0.4, 0.5) is 8.78 Å². The third kappa shape index (κ3) is 4.82. The summed E-state index contributed by atoms with van der Waals surface area (Å²) in [4.78, 5) is 26.5. The Bertz CT molecular complexity index is 1540. The molecule has 0 bridgehead atoms. The van der Waals surface area contributed by atoms with E-state index in [-0.39, 0.29) is 52.7 Å². The number of carboxylic acid groups (broad SMARTS) is 1. The van der Waals surface area contributed by atoms with E-state index >= 15 is 0 Å². The van der Waals surface area contributed by atoms with Crippen LogP contribution in [0.5, 0.6) is 0 Å². The van der Waals surface area contributed by atoms with E-state index < -0.39 is 11.9 Å². The molecule has 0 spiro atoms. The smallest absolute Gasteiger partial charge is 0.335 e. The molecule has 262 valence electrons. The van der Waals surface area contributed by atoms with E-state index in [0.717, 1.165) is 44.1 Å². The van der Waals surface area contributed by atoms with Crippen molar-refractivity contribution in [2.45, 2.75) is 111 Å². The molecule has 4 unspecified atom stereocenters. The molecule has 1 aromatic carbocycles. The number of hydrogen-bond donors (Lipinski definition) is 2. The highest BCUT2D eigenvalue weighted by atomic mass is 19.3. The number of aromatic carboxylic acids is 1. The van der Waals surface area contributed by atoms with Crippen molar-refractivity contribution in [3.8, 4) is 0 Å². The minimum Gasteiger partial charge on any atom is -0.478 e. The first-order valence-corrected chi connectivity index (χ1v) is 18.5. The van der Waals surface area contributed by atoms with Crippen molar-refractivity contribution in [1.29, 1.82) is 0 Å². The number of nitrogens with zero attached hydrogens (tertiary/aromatic N) is 1. The summed E-state index contributed by atoms with van der Waals surface area (Å²) in [6, 6.07) is 7.45. The third-order valence-electron chi connectivity index (χ3n) is 15.8. The van der Waals surface area contributed by atoms with Gasteiger partial charge in [0.15, 0.2) is 0 Å². The Hall–Kier alpha value is -2.54. The average molecular weight is 663 g/mol. The first-order valence-electron chi connectivity index (χ1n) is 18.5. The van der Waals surface area contributed by atoms with E-state index in [1.807, 2.05) is 12.1 Å². The molecule has 7 rings (SSSR count). The van der Waals surface area contributed by atoms with Gasteiger partial charge in [-0.1, -0.05) is 65.0 Å². The molecular formula is C41H56F2N2O3. The third-order valence-corrected chi connectivity index (χ3v) is 15.8. The standard InChI is InChI=1S/C41H56F2N2O3/c1-25(2)28-14-19-40(44-33(46)22-45-23-41(42,43)24-45)21-20-38(6)30(34(28)40)12-13-32-37(5)17-15-29(26-8-10-27(11-9-26)35(47)48)36(3,4)31(37)16-18-39(32,38)7/h8-11,15,28,30-32,34H,1,12-14,16-24H2,2-7H3,(H,44,46)(H,47,48)/t28?,30-,31?,32?,34?,37+,38-,39-,40+/m1/s1. The molecule has 1 aliphatic heterocycles. The van der Waals surface area contributed by atoms with Gasteiger partial charge < -0.3 is 10.4 Å². The highest BCUT2D eigenvalue weighted by Crippen LogP contribution is 2.76. The number of carbonyl (C=O) groups is 2. The van der Waals surface area contributed by atoms with Gasteiger partial charge in [-0.25, -0.2) is 13.6 Å². The molecule has 1 aromatic rings. The van der Waals surface area contributed by atoms with Gasteiger partial charge in [0.05, 0.1) is 25.2 Å². The number of carbonyl (C=O) groups excluding carboxylic acids is 1. The quantitative estimate of drug-likeness (QED) is 0.299. The average Bonchev–Trinajstić information content (AvgIpc) is 3.36. The largest absolute Gasteiger partial charge is 0.478 e. The Labute approximate surface area is 286 Å². The number of halogens is 2. The fraction of sp³-hybridized carbons (Fsp3) is 0.707. The molecule has 48 heavy (non-hydrogen) atoms. The number of carboxylic acids is 1. The van der Waals surface area contributed by atoms with Crippen molar-refractivity contribution in [3.63, 3.8) is 0 Å². The molecule has 1 amide bonds. The van der Waals surface area contributed by atoms with Crippen LogP contribution in [0.15, 0.2) is 42.5 Å². The summed E-state index contributed by atoms with van der Waals surface area (Å²) in [6.07, 6.45) is 12.2. The van der Waals surface area contributed by atoms with Crippen LogP contribution in [-0.4, -0.2) is 53.0 Å². The molecule has 9 atom stereocenters. The minimum absolute atomic E-state index is 0.0419. The second-order valence-corrected chi connectivity index (χ2v) is 18.3. The minimum atomic E-state index is -2.67. The zero-order valence-corrected chi connectivity index (χ0v) is 29.9. The predicted octanol–water partition coefficient (Wildman–Crippen LogP) is 8.86. The molecule has 0 aromatic heterocycles. The van der Waals surface area contributed by atoms with Gasteiger partial charge in [-0.3, -0.25) is 9.69 Å². The maximum Gasteiger partial charge on any atom is 0.335 e. The highest BCUT2D eigenvalue weighted by Gasteiger charge is 2.70. The lowest BCUT2D eigenvalue weighted by atomic mass is 9.33. The Kier molecular flexibility index (Phi) is 7.76. The molecule has 5 fully saturated rings. The summed E-state index contributed by atoms with van der Waals surface area (Å²) in [6.45, 7) is 18.7. The summed E-state index contributed by atoms with van der Waals surface area (Å²) in [5.41, 5.74) is 4.13. The van der Waals surface area contributed by atoms with Gasteiger partial charge in [-0.15, -0.1) is 0 Å². The highest BCUT2D eigenvalue weighted by molar-refractivity contribution is 5.88. The number of nitrogens with one attached hydrogen (secondary N) is 1. The van der Waals surface area contributed by atoms with Crippen LogP contribution in [0.25, 0.3) is 5.57 Å². The molecular weight excluding hydrogens is 606 g/mol. The lowest BCUT2D eigenvalue weighted by molar-refractivity contribution is -0.219. The zero-order valence-electron chi connectivity index (χ0n) is 29.9. The maximum absolute atomic E-state index is 13.6. The van der Waals surface area contributed by atoms with Crippen molar-refractivity contribution in [2.75, 3.05) is 19.6 Å². The number of hydrogen-bond acceptors (Lipinski definition) is 3. The SMILES string of the molecule is C=C(C)C1CC[C@]2(NC(=O)CN3CC(F)(F)C3)CC[C@]3(C)[C@H](CCC4[C@@]5(C)CC=C(c6ccc(C(=O)O)cc6)C(C)(C)C5CC[C@]43C)C12. The van der Waals surface area contributed by atoms with Gasteiger partial charge in [-0.05, 0) is 139 Å². The molecule has 1 saturated heterocycles. The first-order chi connectivity index (χ1) is 22.4.